The number of carbonyl (C=O) groups excluding carboxylic acids is 1. The number of amides is 1. The van der Waals surface area contributed by atoms with Crippen LogP contribution in [0.25, 0.3) is 0 Å². The molecule has 6 heteroatoms. The van der Waals surface area contributed by atoms with E-state index in [1.54, 1.807) is 4.90 Å². The van der Waals surface area contributed by atoms with Gasteiger partial charge in [-0.05, 0) is 36.8 Å². The van der Waals surface area contributed by atoms with Gasteiger partial charge in [-0.25, -0.2) is 4.79 Å². The molecule has 6 nitrogen and oxygen atoms in total. The summed E-state index contributed by atoms with van der Waals surface area (Å²) in [6, 6.07) is 16.1. The molecule has 0 aromatic heterocycles. The van der Waals surface area contributed by atoms with E-state index in [9.17, 15) is 4.79 Å². The number of piperazine rings is 1. The summed E-state index contributed by atoms with van der Waals surface area (Å²) in [7, 11) is 0. The van der Waals surface area contributed by atoms with E-state index in [-0.39, 0.29) is 6.09 Å². The van der Waals surface area contributed by atoms with Crippen LogP contribution in [0.2, 0.25) is 0 Å². The summed E-state index contributed by atoms with van der Waals surface area (Å²) in [4.78, 5) is 15.9. The zero-order valence-electron chi connectivity index (χ0n) is 15.1. The van der Waals surface area contributed by atoms with E-state index in [2.05, 4.69) is 22.3 Å². The number of nitrogens with two attached hydrogens (primary N) is 1. The van der Waals surface area contributed by atoms with E-state index in [4.69, 9.17) is 10.5 Å². The second-order valence-electron chi connectivity index (χ2n) is 6.37. The molecule has 2 aromatic carbocycles. The molecule has 3 rings (SSSR count). The lowest BCUT2D eigenvalue weighted by Crippen LogP contribution is -2.48. The van der Waals surface area contributed by atoms with Crippen molar-refractivity contribution in [2.24, 2.45) is 0 Å². The molecule has 0 saturated carbocycles. The average molecular weight is 354 g/mol. The van der Waals surface area contributed by atoms with Crippen molar-refractivity contribution in [3.8, 4) is 0 Å². The molecule has 26 heavy (non-hydrogen) atoms. The Labute approximate surface area is 154 Å². The topological polar surface area (TPSA) is 70.8 Å². The zero-order valence-corrected chi connectivity index (χ0v) is 15.1. The van der Waals surface area contributed by atoms with Crippen molar-refractivity contribution in [1.82, 2.24) is 9.80 Å². The van der Waals surface area contributed by atoms with Gasteiger partial charge in [0.15, 0.2) is 0 Å². The van der Waals surface area contributed by atoms with Gasteiger partial charge in [-0.15, -0.1) is 0 Å². The van der Waals surface area contributed by atoms with Gasteiger partial charge in [0.25, 0.3) is 0 Å². The Morgan fingerprint density at radius 3 is 2.62 bits per heavy atom. The predicted octanol–water partition coefficient (Wildman–Crippen LogP) is 3.29. The van der Waals surface area contributed by atoms with E-state index in [1.165, 1.54) is 5.56 Å². The van der Waals surface area contributed by atoms with Crippen LogP contribution >= 0.6 is 0 Å². The van der Waals surface area contributed by atoms with Gasteiger partial charge in [0, 0.05) is 38.4 Å². The van der Waals surface area contributed by atoms with Crippen LogP contribution in [0.3, 0.4) is 0 Å². The highest BCUT2D eigenvalue weighted by Crippen LogP contribution is 2.23. The lowest BCUT2D eigenvalue weighted by molar-refractivity contribution is 0.0778. The van der Waals surface area contributed by atoms with Crippen LogP contribution in [0.4, 0.5) is 21.9 Å². The van der Waals surface area contributed by atoms with E-state index in [0.717, 1.165) is 36.7 Å². The molecule has 0 spiro atoms. The fraction of sp³-hybridized carbons (Fsp3) is 0.350. The molecular weight excluding hydrogens is 328 g/mol. The second kappa shape index (κ2) is 8.58. The number of nitrogens with one attached hydrogen (secondary N) is 1. The molecule has 1 saturated heterocycles. The Hall–Kier alpha value is -2.73. The highest BCUT2D eigenvalue weighted by molar-refractivity contribution is 5.72. The number of para-hydroxylation sites is 2. The Balaban J connectivity index is 1.56. The van der Waals surface area contributed by atoms with Crippen molar-refractivity contribution >= 4 is 23.2 Å². The van der Waals surface area contributed by atoms with Crippen LogP contribution in [0.15, 0.2) is 48.5 Å². The van der Waals surface area contributed by atoms with Crippen molar-refractivity contribution in [2.75, 3.05) is 43.8 Å². The molecule has 3 N–H and O–H groups in total. The van der Waals surface area contributed by atoms with Crippen molar-refractivity contribution in [3.63, 3.8) is 0 Å². The summed E-state index contributed by atoms with van der Waals surface area (Å²) in [5.41, 5.74) is 9.89. The zero-order chi connectivity index (χ0) is 18.4. The number of rotatable bonds is 5. The summed E-state index contributed by atoms with van der Waals surface area (Å²) in [5, 5.41) is 3.37. The average Bonchev–Trinajstić information content (AvgIpc) is 2.65. The van der Waals surface area contributed by atoms with Crippen molar-refractivity contribution in [2.45, 2.75) is 13.5 Å². The normalized spacial score (nSPS) is 14.9. The Bertz CT molecular complexity index is 742. The minimum atomic E-state index is -0.209. The van der Waals surface area contributed by atoms with Crippen LogP contribution in [0.1, 0.15) is 12.5 Å². The largest absolute Gasteiger partial charge is 0.450 e. The van der Waals surface area contributed by atoms with Gasteiger partial charge in [-0.3, -0.25) is 4.90 Å². The minimum Gasteiger partial charge on any atom is -0.450 e. The summed E-state index contributed by atoms with van der Waals surface area (Å²) in [5.74, 6) is 0. The number of carbonyl (C=O) groups is 1. The van der Waals surface area contributed by atoms with Crippen molar-refractivity contribution < 1.29 is 9.53 Å². The Kier molecular flexibility index (Phi) is 5.96. The van der Waals surface area contributed by atoms with Crippen molar-refractivity contribution in [3.05, 3.63) is 54.1 Å². The number of nitrogen functional groups attached to an aromatic ring is 1. The predicted molar refractivity (Wildman–Crippen MR) is 104 cm³/mol. The second-order valence-corrected chi connectivity index (χ2v) is 6.37. The number of hydrogen-bond acceptors (Lipinski definition) is 5. The lowest BCUT2D eigenvalue weighted by atomic mass is 10.1. The van der Waals surface area contributed by atoms with Crippen LogP contribution in [0, 0.1) is 0 Å². The molecule has 0 unspecified atom stereocenters. The fourth-order valence-corrected chi connectivity index (χ4v) is 3.08. The van der Waals surface area contributed by atoms with E-state index < -0.39 is 0 Å². The van der Waals surface area contributed by atoms with Gasteiger partial charge in [-0.2, -0.15) is 0 Å². The molecule has 1 heterocycles. The van der Waals surface area contributed by atoms with Crippen LogP contribution in [-0.2, 0) is 11.3 Å². The van der Waals surface area contributed by atoms with E-state index >= 15 is 0 Å². The number of nitrogens with zero attached hydrogens (tertiary/aromatic N) is 2. The maximum absolute atomic E-state index is 11.8. The smallest absolute Gasteiger partial charge is 0.409 e. The van der Waals surface area contributed by atoms with Gasteiger partial charge < -0.3 is 20.7 Å². The third-order valence-corrected chi connectivity index (χ3v) is 4.47. The molecule has 0 radical (unpaired) electrons. The maximum atomic E-state index is 11.8. The lowest BCUT2D eigenvalue weighted by Gasteiger charge is -2.34. The minimum absolute atomic E-state index is 0.209. The van der Waals surface area contributed by atoms with Gasteiger partial charge in [0.2, 0.25) is 0 Å². The molecule has 1 aliphatic heterocycles. The molecule has 1 fully saturated rings. The van der Waals surface area contributed by atoms with Crippen molar-refractivity contribution in [1.29, 1.82) is 0 Å². The summed E-state index contributed by atoms with van der Waals surface area (Å²) in [6.07, 6.45) is -0.209. The summed E-state index contributed by atoms with van der Waals surface area (Å²) in [6.45, 7) is 6.22. The highest BCUT2D eigenvalue weighted by atomic mass is 16.6. The number of ether oxygens (including phenoxy) is 1. The van der Waals surface area contributed by atoms with Gasteiger partial charge >= 0.3 is 6.09 Å². The fourth-order valence-electron chi connectivity index (χ4n) is 3.08. The SMILES string of the molecule is CCOC(=O)N1CCN(Cc2cccc(Nc3ccccc3N)c2)CC1. The molecular formula is C20H26N4O2. The summed E-state index contributed by atoms with van der Waals surface area (Å²) >= 11 is 0. The third-order valence-electron chi connectivity index (χ3n) is 4.47. The Morgan fingerprint density at radius 1 is 1.12 bits per heavy atom. The third kappa shape index (κ3) is 4.67. The van der Waals surface area contributed by atoms with Gasteiger partial charge in [-0.1, -0.05) is 24.3 Å². The molecule has 0 bridgehead atoms. The molecule has 2 aromatic rings. The van der Waals surface area contributed by atoms with Gasteiger partial charge in [0.1, 0.15) is 0 Å². The number of hydrogen-bond donors (Lipinski definition) is 2. The molecule has 0 atom stereocenters. The molecule has 138 valence electrons. The molecule has 1 aliphatic rings. The number of anilines is 3. The molecule has 1 amide bonds. The maximum Gasteiger partial charge on any atom is 0.409 e. The first kappa shape index (κ1) is 18.1. The van der Waals surface area contributed by atoms with Crippen LogP contribution < -0.4 is 11.1 Å². The Morgan fingerprint density at radius 2 is 1.88 bits per heavy atom. The first-order valence-corrected chi connectivity index (χ1v) is 9.00. The van der Waals surface area contributed by atoms with E-state index in [1.807, 2.05) is 43.3 Å². The first-order valence-electron chi connectivity index (χ1n) is 9.00. The number of benzene rings is 2. The highest BCUT2D eigenvalue weighted by Gasteiger charge is 2.21. The first-order chi connectivity index (χ1) is 12.7. The standard InChI is InChI=1S/C20H26N4O2/c1-2-26-20(25)24-12-10-23(11-13-24)15-16-6-5-7-17(14-16)22-19-9-4-3-8-18(19)21/h3-9,14,22H,2,10-13,15,21H2,1H3. The molecule has 0 aliphatic carbocycles. The quantitative estimate of drug-likeness (QED) is 0.806. The summed E-state index contributed by atoms with van der Waals surface area (Å²) < 4.78 is 5.07. The monoisotopic (exact) mass is 354 g/mol. The van der Waals surface area contributed by atoms with E-state index in [0.29, 0.717) is 19.7 Å². The van der Waals surface area contributed by atoms with Crippen LogP contribution in [-0.4, -0.2) is 48.7 Å². The van der Waals surface area contributed by atoms with Gasteiger partial charge in [0.05, 0.1) is 18.0 Å². The van der Waals surface area contributed by atoms with Crippen LogP contribution in [0.5, 0.6) is 0 Å².